The predicted molar refractivity (Wildman–Crippen MR) is 37.5 cm³/mol. The number of methoxy groups -OCH3 is 1. The molecule has 3 nitrogen and oxygen atoms in total. The van der Waals surface area contributed by atoms with E-state index in [1.165, 1.54) is 13.2 Å². The van der Waals surface area contributed by atoms with Gasteiger partial charge in [0.15, 0.2) is 0 Å². The highest BCUT2D eigenvalue weighted by molar-refractivity contribution is 5.82. The third kappa shape index (κ3) is 3.25. The van der Waals surface area contributed by atoms with E-state index in [4.69, 9.17) is 5.11 Å². The van der Waals surface area contributed by atoms with Crippen LogP contribution < -0.4 is 0 Å². The summed E-state index contributed by atoms with van der Waals surface area (Å²) in [6.45, 7) is 3.26. The topological polar surface area (TPSA) is 46.5 Å². The van der Waals surface area contributed by atoms with Crippen molar-refractivity contribution in [2.75, 3.05) is 7.11 Å². The minimum Gasteiger partial charge on any atom is -0.466 e. The minimum absolute atomic E-state index is 0.432. The Kier molecular flexibility index (Phi) is 3.72. The van der Waals surface area contributed by atoms with Crippen LogP contribution in [0.5, 0.6) is 0 Å². The van der Waals surface area contributed by atoms with Crippen molar-refractivity contribution in [3.05, 3.63) is 11.6 Å². The first kappa shape index (κ1) is 9.17. The van der Waals surface area contributed by atoms with Crippen molar-refractivity contribution in [1.29, 1.82) is 0 Å². The van der Waals surface area contributed by atoms with Crippen LogP contribution in [0.1, 0.15) is 13.8 Å². The van der Waals surface area contributed by atoms with Gasteiger partial charge >= 0.3 is 5.97 Å². The highest BCUT2D eigenvalue weighted by Gasteiger charge is 2.00. The number of ether oxygens (including phenoxy) is 1. The van der Waals surface area contributed by atoms with Crippen molar-refractivity contribution in [2.24, 2.45) is 0 Å². The van der Waals surface area contributed by atoms with E-state index >= 15 is 0 Å². The van der Waals surface area contributed by atoms with Gasteiger partial charge in [0.05, 0.1) is 13.2 Å². The molecule has 0 heterocycles. The highest BCUT2D eigenvalue weighted by Crippen LogP contribution is 1.99. The molecule has 1 N–H and O–H groups in total. The zero-order valence-electron chi connectivity index (χ0n) is 6.42. The van der Waals surface area contributed by atoms with Crippen LogP contribution in [-0.2, 0) is 9.53 Å². The fourth-order valence-corrected chi connectivity index (χ4v) is 0.365. The summed E-state index contributed by atoms with van der Waals surface area (Å²) in [6, 6.07) is 0. The molecular weight excluding hydrogens is 132 g/mol. The number of carbonyl (C=O) groups excluding carboxylic acids is 1. The van der Waals surface area contributed by atoms with Crippen LogP contribution in [0.3, 0.4) is 0 Å². The first-order chi connectivity index (χ1) is 4.57. The van der Waals surface area contributed by atoms with Crippen molar-refractivity contribution in [3.63, 3.8) is 0 Å². The molecule has 58 valence electrons. The standard InChI is InChI=1S/C7H12O3/c1-5(6(2)8)4-7(9)10-3/h4,6,8H,1-3H3/b5-4-. The van der Waals surface area contributed by atoms with Gasteiger partial charge in [-0.3, -0.25) is 0 Å². The van der Waals surface area contributed by atoms with Crippen LogP contribution in [-0.4, -0.2) is 24.3 Å². The second-order valence-electron chi connectivity index (χ2n) is 2.09. The summed E-state index contributed by atoms with van der Waals surface area (Å²) in [5.41, 5.74) is 0.604. The summed E-state index contributed by atoms with van der Waals surface area (Å²) in [4.78, 5) is 10.5. The van der Waals surface area contributed by atoms with Gasteiger partial charge in [-0.2, -0.15) is 0 Å². The molecule has 0 radical (unpaired) electrons. The second kappa shape index (κ2) is 4.06. The van der Waals surface area contributed by atoms with E-state index < -0.39 is 12.1 Å². The molecule has 0 aromatic carbocycles. The summed E-state index contributed by atoms with van der Waals surface area (Å²) < 4.78 is 4.34. The number of aliphatic hydroxyl groups excluding tert-OH is 1. The monoisotopic (exact) mass is 144 g/mol. The molecule has 0 spiro atoms. The molecule has 1 atom stereocenters. The van der Waals surface area contributed by atoms with Crippen LogP contribution in [0.15, 0.2) is 11.6 Å². The van der Waals surface area contributed by atoms with Crippen molar-refractivity contribution >= 4 is 5.97 Å². The molecule has 0 aromatic rings. The fraction of sp³-hybridized carbons (Fsp3) is 0.571. The van der Waals surface area contributed by atoms with Gasteiger partial charge in [-0.05, 0) is 19.4 Å². The number of hydrogen-bond acceptors (Lipinski definition) is 3. The molecule has 0 amide bonds. The number of hydrogen-bond donors (Lipinski definition) is 1. The van der Waals surface area contributed by atoms with Gasteiger partial charge in [-0.1, -0.05) is 0 Å². The maximum absolute atomic E-state index is 10.5. The molecule has 0 aromatic heterocycles. The van der Waals surface area contributed by atoms with Gasteiger partial charge in [0, 0.05) is 6.08 Å². The maximum Gasteiger partial charge on any atom is 0.330 e. The van der Waals surface area contributed by atoms with Gasteiger partial charge < -0.3 is 9.84 Å². The largest absolute Gasteiger partial charge is 0.466 e. The Hall–Kier alpha value is -0.830. The van der Waals surface area contributed by atoms with Gasteiger partial charge in [0.2, 0.25) is 0 Å². The van der Waals surface area contributed by atoms with E-state index in [0.29, 0.717) is 5.57 Å². The van der Waals surface area contributed by atoms with Crippen LogP contribution in [0.25, 0.3) is 0 Å². The minimum atomic E-state index is -0.584. The number of carbonyl (C=O) groups is 1. The average Bonchev–Trinajstić information content (AvgIpc) is 1.87. The smallest absolute Gasteiger partial charge is 0.330 e. The summed E-state index contributed by atoms with van der Waals surface area (Å²) in [5.74, 6) is -0.432. The summed E-state index contributed by atoms with van der Waals surface area (Å²) in [6.07, 6.45) is 0.684. The summed E-state index contributed by atoms with van der Waals surface area (Å²) >= 11 is 0. The molecule has 0 saturated carbocycles. The zero-order chi connectivity index (χ0) is 8.15. The van der Waals surface area contributed by atoms with Crippen LogP contribution in [0.4, 0.5) is 0 Å². The van der Waals surface area contributed by atoms with Crippen molar-refractivity contribution in [1.82, 2.24) is 0 Å². The molecule has 0 rings (SSSR count). The lowest BCUT2D eigenvalue weighted by Gasteiger charge is -2.01. The van der Waals surface area contributed by atoms with E-state index in [1.807, 2.05) is 0 Å². The second-order valence-corrected chi connectivity index (χ2v) is 2.09. The molecule has 0 aliphatic heterocycles. The Bertz CT molecular complexity index is 147. The molecule has 10 heavy (non-hydrogen) atoms. The van der Waals surface area contributed by atoms with E-state index in [9.17, 15) is 4.79 Å². The third-order valence-corrected chi connectivity index (χ3v) is 1.21. The third-order valence-electron chi connectivity index (χ3n) is 1.21. The Morgan fingerprint density at radius 2 is 2.20 bits per heavy atom. The lowest BCUT2D eigenvalue weighted by molar-refractivity contribution is -0.134. The Morgan fingerprint density at radius 3 is 2.50 bits per heavy atom. The quantitative estimate of drug-likeness (QED) is 0.453. The lowest BCUT2D eigenvalue weighted by atomic mass is 10.2. The van der Waals surface area contributed by atoms with Crippen LogP contribution in [0, 0.1) is 0 Å². The Balaban J connectivity index is 4.03. The van der Waals surface area contributed by atoms with Crippen molar-refractivity contribution in [2.45, 2.75) is 20.0 Å². The van der Waals surface area contributed by atoms with Crippen LogP contribution in [0.2, 0.25) is 0 Å². The van der Waals surface area contributed by atoms with E-state index in [0.717, 1.165) is 0 Å². The van der Waals surface area contributed by atoms with E-state index in [-0.39, 0.29) is 0 Å². The molecular formula is C7H12O3. The van der Waals surface area contributed by atoms with Crippen molar-refractivity contribution < 1.29 is 14.6 Å². The first-order valence-electron chi connectivity index (χ1n) is 3.02. The molecule has 0 aliphatic carbocycles. The molecule has 1 unspecified atom stereocenters. The normalized spacial score (nSPS) is 14.6. The van der Waals surface area contributed by atoms with E-state index in [2.05, 4.69) is 4.74 Å². The van der Waals surface area contributed by atoms with Gasteiger partial charge in [-0.25, -0.2) is 4.79 Å². The summed E-state index contributed by atoms with van der Waals surface area (Å²) in [5, 5.41) is 8.89. The molecule has 0 saturated heterocycles. The van der Waals surface area contributed by atoms with Crippen LogP contribution >= 0.6 is 0 Å². The number of rotatable bonds is 2. The fourth-order valence-electron chi connectivity index (χ4n) is 0.365. The average molecular weight is 144 g/mol. The first-order valence-corrected chi connectivity index (χ1v) is 3.02. The number of esters is 1. The van der Waals surface area contributed by atoms with E-state index in [1.54, 1.807) is 13.8 Å². The Morgan fingerprint density at radius 1 is 1.70 bits per heavy atom. The SMILES string of the molecule is COC(=O)/C=C(/C)C(C)O. The predicted octanol–water partition coefficient (Wildman–Crippen LogP) is 0.486. The highest BCUT2D eigenvalue weighted by atomic mass is 16.5. The molecule has 0 aliphatic rings. The van der Waals surface area contributed by atoms with Gasteiger partial charge in [0.1, 0.15) is 0 Å². The Labute approximate surface area is 60.3 Å². The maximum atomic E-state index is 10.5. The lowest BCUT2D eigenvalue weighted by Crippen LogP contribution is -2.05. The zero-order valence-corrected chi connectivity index (χ0v) is 6.42. The van der Waals surface area contributed by atoms with Gasteiger partial charge in [-0.15, -0.1) is 0 Å². The van der Waals surface area contributed by atoms with Crippen molar-refractivity contribution in [3.8, 4) is 0 Å². The molecule has 0 fully saturated rings. The van der Waals surface area contributed by atoms with Gasteiger partial charge in [0.25, 0.3) is 0 Å². The molecule has 0 bridgehead atoms. The molecule has 3 heteroatoms. The number of aliphatic hydroxyl groups is 1. The summed E-state index contributed by atoms with van der Waals surface area (Å²) in [7, 11) is 1.30.